The van der Waals surface area contributed by atoms with E-state index >= 15 is 0 Å². The van der Waals surface area contributed by atoms with Crippen LogP contribution in [0.3, 0.4) is 0 Å². The number of pyridine rings is 2. The van der Waals surface area contributed by atoms with Crippen molar-refractivity contribution in [2.45, 2.75) is 13.5 Å². The molecule has 0 aliphatic rings. The Morgan fingerprint density at radius 2 is 1.94 bits per heavy atom. The Balaban J connectivity index is 2.02. The number of benzene rings is 1. The molecule has 0 bridgehead atoms. The second-order valence-corrected chi connectivity index (χ2v) is 9.95. The number of carbonyl (C=O) groups excluding carboxylic acids is 2. The quantitative estimate of drug-likeness (QED) is 0.486. The molecule has 3 rings (SSSR count). The normalized spacial score (nSPS) is 12.7. The van der Waals surface area contributed by atoms with Gasteiger partial charge in [-0.2, -0.15) is 4.21 Å². The maximum Gasteiger partial charge on any atom is 0.368 e. The Labute approximate surface area is 196 Å². The summed E-state index contributed by atoms with van der Waals surface area (Å²) >= 11 is 0. The first-order chi connectivity index (χ1) is 16.0. The molecule has 0 spiro atoms. The Hall–Kier alpha value is -3.80. The fourth-order valence-electron chi connectivity index (χ4n) is 3.23. The van der Waals surface area contributed by atoms with Crippen molar-refractivity contribution in [3.63, 3.8) is 0 Å². The highest BCUT2D eigenvalue weighted by Gasteiger charge is 2.28. The molecule has 1 unspecified atom stereocenters. The lowest BCUT2D eigenvalue weighted by Crippen LogP contribution is -2.31. The molecule has 3 N–H and O–H groups in total. The number of amides is 2. The minimum atomic E-state index is -3.48. The van der Waals surface area contributed by atoms with Gasteiger partial charge in [-0.3, -0.25) is 14.6 Å². The molecule has 10 nitrogen and oxygen atoms in total. The molecule has 0 radical (unpaired) electrons. The largest absolute Gasteiger partial charge is 0.504 e. The van der Waals surface area contributed by atoms with Crippen molar-refractivity contribution >= 4 is 38.6 Å². The summed E-state index contributed by atoms with van der Waals surface area (Å²) in [5.41, 5.74) is 0.0441. The lowest BCUT2D eigenvalue weighted by Gasteiger charge is -2.18. The van der Waals surface area contributed by atoms with E-state index in [1.165, 1.54) is 51.3 Å². The van der Waals surface area contributed by atoms with Crippen molar-refractivity contribution in [3.05, 3.63) is 59.2 Å². The van der Waals surface area contributed by atoms with Crippen molar-refractivity contribution in [3.8, 4) is 5.75 Å². The number of anilines is 1. The number of rotatable bonds is 7. The minimum Gasteiger partial charge on any atom is -0.504 e. The molecule has 180 valence electrons. The summed E-state index contributed by atoms with van der Waals surface area (Å²) in [5, 5.41) is 13.5. The van der Waals surface area contributed by atoms with E-state index < -0.39 is 39.1 Å². The SMILES string of the molecule is CCS(=O)(=[OH+])N(C)c1nc(C(=O)NCc2ccc(F)cc2C(=O)N(C)C)c(O)c2ncccc12. The van der Waals surface area contributed by atoms with Gasteiger partial charge in [0.2, 0.25) is 0 Å². The molecule has 0 saturated heterocycles. The van der Waals surface area contributed by atoms with E-state index in [1.54, 1.807) is 12.1 Å². The van der Waals surface area contributed by atoms with E-state index in [0.717, 1.165) is 10.4 Å². The first kappa shape index (κ1) is 24.8. The average molecular weight is 491 g/mol. The number of nitrogens with one attached hydrogen (secondary N) is 1. The molecule has 2 amide bonds. The number of hydrogen-bond donors (Lipinski definition) is 2. The van der Waals surface area contributed by atoms with Crippen molar-refractivity contribution in [1.29, 1.82) is 0 Å². The summed E-state index contributed by atoms with van der Waals surface area (Å²) in [6, 6.07) is 6.76. The highest BCUT2D eigenvalue weighted by atomic mass is 32.2. The summed E-state index contributed by atoms with van der Waals surface area (Å²) < 4.78 is 37.6. The van der Waals surface area contributed by atoms with Crippen LogP contribution >= 0.6 is 0 Å². The maximum atomic E-state index is 13.7. The van der Waals surface area contributed by atoms with Crippen molar-refractivity contribution in [2.24, 2.45) is 0 Å². The number of fused-ring (bicyclic) bond motifs is 1. The molecular formula is C22H25FN5O5S+. The van der Waals surface area contributed by atoms with E-state index in [4.69, 9.17) is 0 Å². The molecule has 0 aliphatic carbocycles. The maximum absolute atomic E-state index is 13.7. The molecule has 1 aromatic carbocycles. The number of nitrogens with zero attached hydrogens (tertiary/aromatic N) is 4. The zero-order chi connectivity index (χ0) is 25.2. The van der Waals surface area contributed by atoms with Gasteiger partial charge in [-0.05, 0) is 36.8 Å². The van der Waals surface area contributed by atoms with Crippen molar-refractivity contribution in [2.75, 3.05) is 31.2 Å². The Bertz CT molecular complexity index is 1380. The zero-order valence-electron chi connectivity index (χ0n) is 19.1. The lowest BCUT2D eigenvalue weighted by atomic mass is 10.1. The molecule has 0 saturated carbocycles. The predicted octanol–water partition coefficient (Wildman–Crippen LogP) is 2.05. The van der Waals surface area contributed by atoms with Crippen LogP contribution in [0.1, 0.15) is 33.3 Å². The molecule has 0 fully saturated rings. The van der Waals surface area contributed by atoms with Crippen LogP contribution in [-0.4, -0.2) is 67.1 Å². The first-order valence-electron chi connectivity index (χ1n) is 10.2. The third-order valence-corrected chi connectivity index (χ3v) is 6.96. The van der Waals surface area contributed by atoms with Crippen molar-refractivity contribution < 1.29 is 27.5 Å². The van der Waals surface area contributed by atoms with Gasteiger partial charge < -0.3 is 15.3 Å². The molecule has 2 heterocycles. The average Bonchev–Trinajstić information content (AvgIpc) is 2.82. The predicted molar refractivity (Wildman–Crippen MR) is 126 cm³/mol. The van der Waals surface area contributed by atoms with Gasteiger partial charge in [0.05, 0.1) is 0 Å². The summed E-state index contributed by atoms with van der Waals surface area (Å²) in [4.78, 5) is 34.9. The number of carbonyl (C=O) groups is 2. The fraction of sp³-hybridized carbons (Fsp3) is 0.273. The minimum absolute atomic E-state index is 0.00865. The third kappa shape index (κ3) is 4.76. The van der Waals surface area contributed by atoms with E-state index in [1.807, 2.05) is 0 Å². The molecular weight excluding hydrogens is 465 g/mol. The van der Waals surface area contributed by atoms with Crippen molar-refractivity contribution in [1.82, 2.24) is 20.2 Å². The smallest absolute Gasteiger partial charge is 0.368 e. The van der Waals surface area contributed by atoms with Crippen LogP contribution in [-0.2, 0) is 16.6 Å². The molecule has 1 atom stereocenters. The van der Waals surface area contributed by atoms with Gasteiger partial charge in [0.25, 0.3) is 11.8 Å². The van der Waals surface area contributed by atoms with E-state index in [9.17, 15) is 27.5 Å². The second kappa shape index (κ2) is 9.59. The van der Waals surface area contributed by atoms with Gasteiger partial charge in [-0.25, -0.2) is 17.9 Å². The highest BCUT2D eigenvalue weighted by molar-refractivity contribution is 7.92. The molecule has 12 heteroatoms. The summed E-state index contributed by atoms with van der Waals surface area (Å²) in [6.07, 6.45) is 1.40. The standard InChI is InChI=1S/C22H24FN5O5S/c1-5-34(32,33)28(4)20-15-7-6-10-24-17(15)19(29)18(26-20)21(30)25-12-13-8-9-14(23)11-16(13)22(31)27(2)3/h6-11,29H,5,12H2,1-4H3,(H,25,30)/p+1. The number of halogens is 1. The molecule has 3 aromatic rings. The van der Waals surface area contributed by atoms with Gasteiger partial charge in [0.15, 0.2) is 17.3 Å². The van der Waals surface area contributed by atoms with Crippen LogP contribution in [0.15, 0.2) is 36.5 Å². The fourth-order valence-corrected chi connectivity index (χ4v) is 4.03. The van der Waals surface area contributed by atoms with Gasteiger partial charge in [-0.1, -0.05) is 6.07 Å². The first-order valence-corrected chi connectivity index (χ1v) is 11.9. The number of hydrogen-bond acceptors (Lipinski definition) is 6. The Kier molecular flexibility index (Phi) is 7.01. The lowest BCUT2D eigenvalue weighted by molar-refractivity contribution is 0.0823. The topological polar surface area (TPSA) is 137 Å². The highest BCUT2D eigenvalue weighted by Crippen LogP contribution is 2.33. The van der Waals surface area contributed by atoms with Gasteiger partial charge in [-0.15, -0.1) is 0 Å². The second-order valence-electron chi connectivity index (χ2n) is 7.61. The summed E-state index contributed by atoms with van der Waals surface area (Å²) in [6.45, 7) is 1.37. The summed E-state index contributed by atoms with van der Waals surface area (Å²) in [5.74, 6) is -2.46. The van der Waals surface area contributed by atoms with Gasteiger partial charge in [0, 0.05) is 44.8 Å². The van der Waals surface area contributed by atoms with Crippen LogP contribution in [0.5, 0.6) is 5.75 Å². The Morgan fingerprint density at radius 1 is 1.24 bits per heavy atom. The van der Waals surface area contributed by atoms with Crippen LogP contribution in [0.2, 0.25) is 0 Å². The third-order valence-electron chi connectivity index (χ3n) is 5.18. The molecule has 2 aromatic heterocycles. The van der Waals surface area contributed by atoms with E-state index in [2.05, 4.69) is 15.3 Å². The zero-order valence-corrected chi connectivity index (χ0v) is 19.9. The van der Waals surface area contributed by atoms with Crippen LogP contribution < -0.4 is 9.62 Å². The van der Waals surface area contributed by atoms with Crippen LogP contribution in [0.4, 0.5) is 10.2 Å². The van der Waals surface area contributed by atoms with Crippen LogP contribution in [0, 0.1) is 5.82 Å². The molecule has 34 heavy (non-hydrogen) atoms. The van der Waals surface area contributed by atoms with E-state index in [-0.39, 0.29) is 34.6 Å². The summed E-state index contributed by atoms with van der Waals surface area (Å²) in [7, 11) is 0.921. The van der Waals surface area contributed by atoms with Gasteiger partial charge in [0.1, 0.15) is 17.1 Å². The molecule has 0 aliphatic heterocycles. The van der Waals surface area contributed by atoms with Gasteiger partial charge >= 0.3 is 10.0 Å². The number of aromatic nitrogens is 2. The number of aromatic hydroxyl groups is 1. The van der Waals surface area contributed by atoms with Crippen LogP contribution in [0.25, 0.3) is 10.9 Å². The van der Waals surface area contributed by atoms with E-state index in [0.29, 0.717) is 5.56 Å². The Morgan fingerprint density at radius 3 is 2.59 bits per heavy atom. The monoisotopic (exact) mass is 490 g/mol.